The highest BCUT2D eigenvalue weighted by Gasteiger charge is 2.52. The number of allylic oxidation sites excluding steroid dienone is 2. The SMILES string of the molecule is C=C1CC[C@H]2C(C)(C)CCC[C@@]2(C)[C@@H]1CC/C(C)=C\CO. The second-order valence-electron chi connectivity index (χ2n) is 8.42. The van der Waals surface area contributed by atoms with Crippen LogP contribution in [0.25, 0.3) is 0 Å². The van der Waals surface area contributed by atoms with Gasteiger partial charge in [-0.15, -0.1) is 0 Å². The van der Waals surface area contributed by atoms with Gasteiger partial charge in [-0.05, 0) is 68.1 Å². The number of aliphatic hydroxyl groups is 1. The van der Waals surface area contributed by atoms with E-state index in [0.29, 0.717) is 16.7 Å². The van der Waals surface area contributed by atoms with Gasteiger partial charge in [-0.1, -0.05) is 51.0 Å². The van der Waals surface area contributed by atoms with E-state index >= 15 is 0 Å². The molecule has 0 radical (unpaired) electrons. The van der Waals surface area contributed by atoms with Crippen LogP contribution in [0.15, 0.2) is 23.8 Å². The average molecular weight is 290 g/mol. The van der Waals surface area contributed by atoms with Crippen LogP contribution < -0.4 is 0 Å². The van der Waals surface area contributed by atoms with Gasteiger partial charge >= 0.3 is 0 Å². The second kappa shape index (κ2) is 6.28. The molecule has 0 aromatic rings. The van der Waals surface area contributed by atoms with Crippen LogP contribution in [0.3, 0.4) is 0 Å². The summed E-state index contributed by atoms with van der Waals surface area (Å²) in [7, 11) is 0. The molecule has 0 aromatic carbocycles. The zero-order valence-electron chi connectivity index (χ0n) is 14.5. The van der Waals surface area contributed by atoms with Crippen LogP contribution in [0.5, 0.6) is 0 Å². The fourth-order valence-corrected chi connectivity index (χ4v) is 5.44. The molecule has 0 aromatic heterocycles. The van der Waals surface area contributed by atoms with E-state index in [1.54, 1.807) is 0 Å². The average Bonchev–Trinajstić information content (AvgIpc) is 2.37. The number of fused-ring (bicyclic) bond motifs is 1. The molecule has 2 rings (SSSR count). The van der Waals surface area contributed by atoms with Crippen LogP contribution in [0.1, 0.15) is 72.6 Å². The van der Waals surface area contributed by atoms with Gasteiger partial charge in [0.2, 0.25) is 0 Å². The Bertz CT molecular complexity index is 418. The topological polar surface area (TPSA) is 20.2 Å². The molecular formula is C20H34O. The molecule has 2 aliphatic carbocycles. The van der Waals surface area contributed by atoms with E-state index in [1.807, 2.05) is 6.08 Å². The van der Waals surface area contributed by atoms with Gasteiger partial charge in [0.25, 0.3) is 0 Å². The summed E-state index contributed by atoms with van der Waals surface area (Å²) in [5.74, 6) is 1.51. The molecule has 2 aliphatic rings. The molecule has 1 nitrogen and oxygen atoms in total. The Balaban J connectivity index is 2.17. The first-order chi connectivity index (χ1) is 9.81. The second-order valence-corrected chi connectivity index (χ2v) is 8.42. The molecule has 2 saturated carbocycles. The Morgan fingerprint density at radius 2 is 2.05 bits per heavy atom. The molecule has 3 atom stereocenters. The van der Waals surface area contributed by atoms with Crippen LogP contribution in [0.4, 0.5) is 0 Å². The van der Waals surface area contributed by atoms with Crippen molar-refractivity contribution in [2.75, 3.05) is 6.61 Å². The van der Waals surface area contributed by atoms with Crippen molar-refractivity contribution in [3.8, 4) is 0 Å². The van der Waals surface area contributed by atoms with Crippen molar-refractivity contribution in [1.82, 2.24) is 0 Å². The van der Waals surface area contributed by atoms with E-state index in [1.165, 1.54) is 49.7 Å². The van der Waals surface area contributed by atoms with Crippen molar-refractivity contribution in [2.24, 2.45) is 22.7 Å². The molecule has 0 spiro atoms. The maximum absolute atomic E-state index is 9.04. The molecule has 0 bridgehead atoms. The van der Waals surface area contributed by atoms with E-state index in [-0.39, 0.29) is 6.61 Å². The lowest BCUT2D eigenvalue weighted by Crippen LogP contribution is -2.49. The highest BCUT2D eigenvalue weighted by molar-refractivity contribution is 5.16. The van der Waals surface area contributed by atoms with Crippen LogP contribution in [-0.4, -0.2) is 11.7 Å². The molecule has 0 unspecified atom stereocenters. The predicted octanol–water partition coefficient (Wildman–Crippen LogP) is 5.50. The van der Waals surface area contributed by atoms with Gasteiger partial charge in [0.1, 0.15) is 0 Å². The van der Waals surface area contributed by atoms with Gasteiger partial charge < -0.3 is 5.11 Å². The minimum Gasteiger partial charge on any atom is -0.392 e. The summed E-state index contributed by atoms with van der Waals surface area (Å²) in [5, 5.41) is 9.04. The first-order valence-electron chi connectivity index (χ1n) is 8.75. The molecule has 0 aliphatic heterocycles. The number of hydrogen-bond acceptors (Lipinski definition) is 1. The summed E-state index contributed by atoms with van der Waals surface area (Å²) in [6.07, 6.45) is 11.0. The van der Waals surface area contributed by atoms with E-state index in [0.717, 1.165) is 12.3 Å². The number of aliphatic hydroxyl groups excluding tert-OH is 1. The molecule has 120 valence electrons. The summed E-state index contributed by atoms with van der Waals surface area (Å²) in [6.45, 7) is 14.3. The smallest absolute Gasteiger partial charge is 0.0614 e. The van der Waals surface area contributed by atoms with Crippen molar-refractivity contribution in [3.63, 3.8) is 0 Å². The third-order valence-electron chi connectivity index (χ3n) is 6.59. The molecule has 0 amide bonds. The van der Waals surface area contributed by atoms with Crippen molar-refractivity contribution in [2.45, 2.75) is 72.6 Å². The van der Waals surface area contributed by atoms with Crippen molar-refractivity contribution in [3.05, 3.63) is 23.8 Å². The highest BCUT2D eigenvalue weighted by Crippen LogP contribution is 2.61. The van der Waals surface area contributed by atoms with Crippen molar-refractivity contribution < 1.29 is 5.11 Å². The summed E-state index contributed by atoms with van der Waals surface area (Å²) in [6, 6.07) is 0. The minimum atomic E-state index is 0.171. The lowest BCUT2D eigenvalue weighted by atomic mass is 9.47. The van der Waals surface area contributed by atoms with E-state index < -0.39 is 0 Å². The molecule has 1 N–H and O–H groups in total. The molecule has 0 saturated heterocycles. The first-order valence-corrected chi connectivity index (χ1v) is 8.75. The van der Waals surface area contributed by atoms with Crippen LogP contribution >= 0.6 is 0 Å². The van der Waals surface area contributed by atoms with Crippen LogP contribution in [0.2, 0.25) is 0 Å². The summed E-state index contributed by atoms with van der Waals surface area (Å²) in [5.41, 5.74) is 3.74. The number of hydrogen-bond donors (Lipinski definition) is 1. The van der Waals surface area contributed by atoms with Crippen molar-refractivity contribution in [1.29, 1.82) is 0 Å². The van der Waals surface area contributed by atoms with E-state index in [9.17, 15) is 0 Å². The maximum Gasteiger partial charge on any atom is 0.0614 e. The molecule has 21 heavy (non-hydrogen) atoms. The van der Waals surface area contributed by atoms with E-state index in [2.05, 4.69) is 34.3 Å². The molecule has 2 fully saturated rings. The van der Waals surface area contributed by atoms with Gasteiger partial charge in [-0.3, -0.25) is 0 Å². The fraction of sp³-hybridized carbons (Fsp3) is 0.800. The lowest BCUT2D eigenvalue weighted by Gasteiger charge is -2.58. The van der Waals surface area contributed by atoms with Gasteiger partial charge in [0, 0.05) is 0 Å². The van der Waals surface area contributed by atoms with Gasteiger partial charge in [-0.2, -0.15) is 0 Å². The highest BCUT2D eigenvalue weighted by atomic mass is 16.2. The number of rotatable bonds is 4. The largest absolute Gasteiger partial charge is 0.392 e. The lowest BCUT2D eigenvalue weighted by molar-refractivity contribution is -0.0539. The third-order valence-corrected chi connectivity index (χ3v) is 6.59. The fourth-order valence-electron chi connectivity index (χ4n) is 5.44. The van der Waals surface area contributed by atoms with Crippen molar-refractivity contribution >= 4 is 0 Å². The molecule has 1 heteroatoms. The zero-order chi connectivity index (χ0) is 15.7. The first kappa shape index (κ1) is 16.8. The zero-order valence-corrected chi connectivity index (χ0v) is 14.5. The summed E-state index contributed by atoms with van der Waals surface area (Å²) in [4.78, 5) is 0. The Morgan fingerprint density at radius 3 is 2.71 bits per heavy atom. The Morgan fingerprint density at radius 1 is 1.33 bits per heavy atom. The van der Waals surface area contributed by atoms with Gasteiger partial charge in [0.15, 0.2) is 0 Å². The predicted molar refractivity (Wildman–Crippen MR) is 91.2 cm³/mol. The normalized spacial score (nSPS) is 36.4. The summed E-state index contributed by atoms with van der Waals surface area (Å²) >= 11 is 0. The molecular weight excluding hydrogens is 256 g/mol. The minimum absolute atomic E-state index is 0.171. The molecule has 0 heterocycles. The Kier molecular flexibility index (Phi) is 5.03. The third kappa shape index (κ3) is 3.28. The van der Waals surface area contributed by atoms with E-state index in [4.69, 9.17) is 5.11 Å². The monoisotopic (exact) mass is 290 g/mol. The van der Waals surface area contributed by atoms with Crippen LogP contribution in [0, 0.1) is 22.7 Å². The van der Waals surface area contributed by atoms with Gasteiger partial charge in [-0.25, -0.2) is 0 Å². The summed E-state index contributed by atoms with van der Waals surface area (Å²) < 4.78 is 0. The standard InChI is InChI=1S/C20H34O/c1-15(11-14-21)7-9-17-16(2)8-10-18-19(3,4)12-6-13-20(17,18)5/h11,17-18,21H,2,6-10,12-14H2,1,3-5H3/b15-11-/t17-,18+,20+/m1/s1. The quantitative estimate of drug-likeness (QED) is 0.677. The van der Waals surface area contributed by atoms with Crippen LogP contribution in [-0.2, 0) is 0 Å². The van der Waals surface area contributed by atoms with Gasteiger partial charge in [0.05, 0.1) is 6.61 Å². The Hall–Kier alpha value is -0.560. The Labute approximate surface area is 131 Å². The maximum atomic E-state index is 9.04.